The third kappa shape index (κ3) is 3.16. The molecule has 0 saturated carbocycles. The number of halogens is 3. The Labute approximate surface area is 119 Å². The molecule has 19 heavy (non-hydrogen) atoms. The fraction of sp³-hybridized carbons (Fsp3) is 0. The Morgan fingerprint density at radius 2 is 1.89 bits per heavy atom. The highest BCUT2D eigenvalue weighted by atomic mass is 35.5. The van der Waals surface area contributed by atoms with E-state index < -0.39 is 5.82 Å². The summed E-state index contributed by atoms with van der Waals surface area (Å²) >= 11 is 11.4. The molecule has 0 unspecified atom stereocenters. The van der Waals surface area contributed by atoms with Crippen LogP contribution in [0.25, 0.3) is 0 Å². The lowest BCUT2D eigenvalue weighted by atomic mass is 10.2. The number of nitrogens with one attached hydrogen (secondary N) is 1. The monoisotopic (exact) mass is 298 g/mol. The Bertz CT molecular complexity index is 647. The van der Waals surface area contributed by atoms with Crippen LogP contribution >= 0.6 is 23.2 Å². The second-order valence-corrected chi connectivity index (χ2v) is 4.58. The molecule has 0 saturated heterocycles. The minimum Gasteiger partial charge on any atom is -0.456 e. The summed E-state index contributed by atoms with van der Waals surface area (Å²) in [5.74, 6) is -0.199. The van der Waals surface area contributed by atoms with Crippen LogP contribution in [0.3, 0.4) is 0 Å². The van der Waals surface area contributed by atoms with Crippen molar-refractivity contribution in [2.24, 2.45) is 5.73 Å². The van der Waals surface area contributed by atoms with E-state index in [0.29, 0.717) is 16.3 Å². The fourth-order valence-corrected chi connectivity index (χ4v) is 1.76. The zero-order valence-electron chi connectivity index (χ0n) is 9.58. The maximum Gasteiger partial charge on any atom is 0.145 e. The number of amidine groups is 1. The highest BCUT2D eigenvalue weighted by Crippen LogP contribution is 2.29. The van der Waals surface area contributed by atoms with Crippen LogP contribution in [0.15, 0.2) is 36.4 Å². The Hall–Kier alpha value is -1.78. The van der Waals surface area contributed by atoms with Crippen LogP contribution in [0, 0.1) is 11.2 Å². The molecule has 0 aliphatic heterocycles. The van der Waals surface area contributed by atoms with E-state index in [-0.39, 0.29) is 16.6 Å². The second-order valence-electron chi connectivity index (χ2n) is 3.73. The van der Waals surface area contributed by atoms with E-state index in [1.165, 1.54) is 18.2 Å². The maximum atomic E-state index is 13.3. The van der Waals surface area contributed by atoms with Gasteiger partial charge in [0.05, 0.1) is 10.6 Å². The van der Waals surface area contributed by atoms with Gasteiger partial charge in [0.2, 0.25) is 0 Å². The smallest absolute Gasteiger partial charge is 0.145 e. The van der Waals surface area contributed by atoms with E-state index in [1.807, 2.05) is 0 Å². The molecule has 0 aliphatic rings. The summed E-state index contributed by atoms with van der Waals surface area (Å²) in [7, 11) is 0. The highest BCUT2D eigenvalue weighted by molar-refractivity contribution is 6.31. The van der Waals surface area contributed by atoms with Gasteiger partial charge in [-0.2, -0.15) is 0 Å². The molecule has 2 aromatic carbocycles. The topological polar surface area (TPSA) is 59.1 Å². The molecule has 2 aromatic rings. The number of hydrogen-bond acceptors (Lipinski definition) is 2. The van der Waals surface area contributed by atoms with Gasteiger partial charge in [0.15, 0.2) is 0 Å². The summed E-state index contributed by atoms with van der Waals surface area (Å²) in [5.41, 5.74) is 5.78. The van der Waals surface area contributed by atoms with Gasteiger partial charge in [-0.05, 0) is 30.3 Å². The lowest BCUT2D eigenvalue weighted by molar-refractivity contribution is 0.476. The average molecular weight is 299 g/mol. The molecular formula is C13H9Cl2FN2O. The van der Waals surface area contributed by atoms with Crippen molar-refractivity contribution in [3.05, 3.63) is 57.8 Å². The standard InChI is InChI=1S/C13H9Cl2FN2O/c14-7-1-4-12(9(5-7)13(17)18)19-8-2-3-10(15)11(16)6-8/h1-6H,(H3,17,18). The number of rotatable bonds is 3. The van der Waals surface area contributed by atoms with Crippen LogP contribution in [0.1, 0.15) is 5.56 Å². The van der Waals surface area contributed by atoms with Gasteiger partial charge in [0.1, 0.15) is 23.2 Å². The van der Waals surface area contributed by atoms with E-state index in [1.54, 1.807) is 12.1 Å². The van der Waals surface area contributed by atoms with Gasteiger partial charge in [0.25, 0.3) is 0 Å². The predicted molar refractivity (Wildman–Crippen MR) is 74.0 cm³/mol. The van der Waals surface area contributed by atoms with E-state index in [4.69, 9.17) is 39.1 Å². The lowest BCUT2D eigenvalue weighted by Gasteiger charge is -2.11. The molecule has 0 spiro atoms. The molecular weight excluding hydrogens is 290 g/mol. The number of nitrogen functional groups attached to an aromatic ring is 1. The van der Waals surface area contributed by atoms with Crippen molar-refractivity contribution < 1.29 is 9.13 Å². The first-order valence-corrected chi connectivity index (χ1v) is 6.00. The average Bonchev–Trinajstić information content (AvgIpc) is 2.36. The minimum atomic E-state index is -0.586. The van der Waals surface area contributed by atoms with E-state index >= 15 is 0 Å². The van der Waals surface area contributed by atoms with Crippen molar-refractivity contribution in [2.75, 3.05) is 0 Å². The van der Waals surface area contributed by atoms with Gasteiger partial charge in [-0.25, -0.2) is 4.39 Å². The van der Waals surface area contributed by atoms with Crippen LogP contribution in [0.2, 0.25) is 10.0 Å². The lowest BCUT2D eigenvalue weighted by Crippen LogP contribution is -2.12. The van der Waals surface area contributed by atoms with Gasteiger partial charge < -0.3 is 10.5 Å². The Morgan fingerprint density at radius 1 is 1.16 bits per heavy atom. The molecule has 0 aromatic heterocycles. The van der Waals surface area contributed by atoms with Crippen LogP contribution in [0.4, 0.5) is 4.39 Å². The summed E-state index contributed by atoms with van der Waals surface area (Å²) < 4.78 is 18.8. The summed E-state index contributed by atoms with van der Waals surface area (Å²) in [5, 5.41) is 7.90. The molecule has 0 bridgehead atoms. The summed E-state index contributed by atoms with van der Waals surface area (Å²) in [6.07, 6.45) is 0. The summed E-state index contributed by atoms with van der Waals surface area (Å²) in [6, 6.07) is 8.72. The number of ether oxygens (including phenoxy) is 1. The first kappa shape index (κ1) is 13.6. The predicted octanol–water partition coefficient (Wildman–Crippen LogP) is 4.21. The van der Waals surface area contributed by atoms with Gasteiger partial charge in [0, 0.05) is 11.1 Å². The molecule has 0 fully saturated rings. The molecule has 0 heterocycles. The molecule has 0 amide bonds. The third-order valence-electron chi connectivity index (χ3n) is 2.35. The first-order chi connectivity index (χ1) is 8.97. The third-order valence-corrected chi connectivity index (χ3v) is 2.89. The normalized spacial score (nSPS) is 10.3. The maximum absolute atomic E-state index is 13.3. The van der Waals surface area contributed by atoms with Crippen molar-refractivity contribution in [3.8, 4) is 11.5 Å². The van der Waals surface area contributed by atoms with Crippen LogP contribution in [0.5, 0.6) is 11.5 Å². The molecule has 2 rings (SSSR count). The summed E-state index contributed by atoms with van der Waals surface area (Å²) in [6.45, 7) is 0. The van der Waals surface area contributed by atoms with Crippen molar-refractivity contribution in [2.45, 2.75) is 0 Å². The number of nitrogens with two attached hydrogens (primary N) is 1. The quantitative estimate of drug-likeness (QED) is 0.659. The van der Waals surface area contributed by atoms with E-state index in [9.17, 15) is 4.39 Å². The van der Waals surface area contributed by atoms with Crippen LogP contribution in [-0.4, -0.2) is 5.84 Å². The molecule has 3 nitrogen and oxygen atoms in total. The molecule has 6 heteroatoms. The second kappa shape index (κ2) is 5.47. The number of hydrogen-bond donors (Lipinski definition) is 2. The van der Waals surface area contributed by atoms with Gasteiger partial charge in [-0.3, -0.25) is 5.41 Å². The first-order valence-electron chi connectivity index (χ1n) is 5.24. The zero-order chi connectivity index (χ0) is 14.0. The van der Waals surface area contributed by atoms with E-state index in [0.717, 1.165) is 6.07 Å². The van der Waals surface area contributed by atoms with Crippen LogP contribution in [-0.2, 0) is 0 Å². The SMILES string of the molecule is N=C(N)c1cc(Cl)ccc1Oc1ccc(Cl)c(F)c1. The van der Waals surface area contributed by atoms with Crippen molar-refractivity contribution in [3.63, 3.8) is 0 Å². The van der Waals surface area contributed by atoms with Crippen LogP contribution < -0.4 is 10.5 Å². The Kier molecular flexibility index (Phi) is 3.93. The van der Waals surface area contributed by atoms with Crippen molar-refractivity contribution in [1.82, 2.24) is 0 Å². The van der Waals surface area contributed by atoms with Crippen molar-refractivity contribution >= 4 is 29.0 Å². The largest absolute Gasteiger partial charge is 0.456 e. The fourth-order valence-electron chi connectivity index (χ4n) is 1.47. The summed E-state index contributed by atoms with van der Waals surface area (Å²) in [4.78, 5) is 0. The van der Waals surface area contributed by atoms with E-state index in [2.05, 4.69) is 0 Å². The zero-order valence-corrected chi connectivity index (χ0v) is 11.1. The Morgan fingerprint density at radius 3 is 2.53 bits per heavy atom. The molecule has 0 radical (unpaired) electrons. The van der Waals surface area contributed by atoms with Gasteiger partial charge in [-0.15, -0.1) is 0 Å². The van der Waals surface area contributed by atoms with Gasteiger partial charge in [-0.1, -0.05) is 23.2 Å². The molecule has 0 atom stereocenters. The van der Waals surface area contributed by atoms with Crippen molar-refractivity contribution in [1.29, 1.82) is 5.41 Å². The molecule has 98 valence electrons. The molecule has 0 aliphatic carbocycles. The Balaban J connectivity index is 2.37. The van der Waals surface area contributed by atoms with Gasteiger partial charge >= 0.3 is 0 Å². The molecule has 3 N–H and O–H groups in total. The highest BCUT2D eigenvalue weighted by Gasteiger charge is 2.10. The minimum absolute atomic E-state index is 0.00949. The number of benzene rings is 2.